The van der Waals surface area contributed by atoms with Gasteiger partial charge in [0.15, 0.2) is 4.80 Å². The number of halogens is 1. The van der Waals surface area contributed by atoms with Crippen LogP contribution in [0.1, 0.15) is 49.1 Å². The first-order valence-electron chi connectivity index (χ1n) is 13.6. The van der Waals surface area contributed by atoms with Gasteiger partial charge in [0.25, 0.3) is 5.56 Å². The smallest absolute Gasteiger partial charge is 0.338 e. The Balaban J connectivity index is 1.57. The molecule has 1 aliphatic rings. The van der Waals surface area contributed by atoms with Crippen molar-refractivity contribution in [3.8, 4) is 5.75 Å². The molecule has 0 radical (unpaired) electrons. The molecule has 2 heterocycles. The van der Waals surface area contributed by atoms with Gasteiger partial charge in [0.1, 0.15) is 12.4 Å². The number of aromatic nitrogens is 1. The van der Waals surface area contributed by atoms with Crippen LogP contribution in [0.4, 0.5) is 0 Å². The molecule has 8 heteroatoms. The van der Waals surface area contributed by atoms with Crippen LogP contribution in [0.15, 0.2) is 107 Å². The lowest BCUT2D eigenvalue weighted by Gasteiger charge is -2.25. The van der Waals surface area contributed by atoms with Crippen LogP contribution in [0.3, 0.4) is 0 Å². The van der Waals surface area contributed by atoms with Crippen molar-refractivity contribution in [2.75, 3.05) is 0 Å². The van der Waals surface area contributed by atoms with Crippen LogP contribution in [0.2, 0.25) is 5.02 Å². The summed E-state index contributed by atoms with van der Waals surface area (Å²) in [5.41, 5.74) is 4.24. The summed E-state index contributed by atoms with van der Waals surface area (Å²) in [6, 6.07) is 22.3. The molecule has 1 aliphatic heterocycles. The topological polar surface area (TPSA) is 69.9 Å². The highest BCUT2D eigenvalue weighted by atomic mass is 35.5. The SMILES string of the molecule is C=CCc1cc(/C=c2/sc3n(c2=O)[C@H](c2ccc(Cl)cc2)C(C(=O)OC(C)C)=C(C)N=3)ccc1OCc1ccccc1. The Morgan fingerprint density at radius 2 is 1.86 bits per heavy atom. The van der Waals surface area contributed by atoms with Gasteiger partial charge in [0.05, 0.1) is 27.9 Å². The fourth-order valence-corrected chi connectivity index (χ4v) is 6.02. The van der Waals surface area contributed by atoms with Crippen molar-refractivity contribution in [2.24, 2.45) is 4.99 Å². The van der Waals surface area contributed by atoms with E-state index in [2.05, 4.69) is 11.6 Å². The Hall–Kier alpha value is -4.20. The number of esters is 1. The van der Waals surface area contributed by atoms with Crippen LogP contribution >= 0.6 is 22.9 Å². The van der Waals surface area contributed by atoms with Crippen molar-refractivity contribution < 1.29 is 14.3 Å². The van der Waals surface area contributed by atoms with Crippen molar-refractivity contribution in [3.63, 3.8) is 0 Å². The quantitative estimate of drug-likeness (QED) is 0.171. The monoisotopic (exact) mass is 598 g/mol. The number of allylic oxidation sites excluding steroid dienone is 2. The predicted octanol–water partition coefficient (Wildman–Crippen LogP) is 6.15. The Kier molecular flexibility index (Phi) is 8.90. The average Bonchev–Trinajstić information content (AvgIpc) is 3.26. The number of benzene rings is 3. The molecule has 1 atom stereocenters. The van der Waals surface area contributed by atoms with E-state index in [1.54, 1.807) is 37.5 Å². The standard InChI is InChI=1S/C34H31ClN2O4S/c1-5-9-26-18-24(12-17-28(26)40-20-23-10-7-6-8-11-23)19-29-32(38)37-31(25-13-15-27(35)16-14-25)30(33(39)41-21(2)3)22(4)36-34(37)42-29/h5-8,10-19,21,31H,1,9,20H2,2-4H3/b29-19+/t31-/m1/s1. The highest BCUT2D eigenvalue weighted by Gasteiger charge is 2.33. The lowest BCUT2D eigenvalue weighted by atomic mass is 9.96. The van der Waals surface area contributed by atoms with Crippen LogP contribution in [-0.4, -0.2) is 16.6 Å². The molecule has 0 N–H and O–H groups in total. The van der Waals surface area contributed by atoms with Crippen LogP contribution in [-0.2, 0) is 22.6 Å². The number of carbonyl (C=O) groups excluding carboxylic acids is 1. The molecule has 6 nitrogen and oxygen atoms in total. The zero-order valence-corrected chi connectivity index (χ0v) is 25.2. The van der Waals surface area contributed by atoms with Crippen LogP contribution < -0.4 is 19.6 Å². The molecule has 0 fully saturated rings. The molecule has 1 aromatic heterocycles. The van der Waals surface area contributed by atoms with E-state index in [4.69, 9.17) is 21.1 Å². The van der Waals surface area contributed by atoms with Crippen molar-refractivity contribution in [2.45, 2.75) is 45.9 Å². The maximum Gasteiger partial charge on any atom is 0.338 e. The average molecular weight is 599 g/mol. The molecule has 4 aromatic rings. The van der Waals surface area contributed by atoms with Crippen molar-refractivity contribution >= 4 is 35.0 Å². The van der Waals surface area contributed by atoms with Gasteiger partial charge in [0, 0.05) is 5.02 Å². The molecular formula is C34H31ClN2O4S. The van der Waals surface area contributed by atoms with Gasteiger partial charge in [-0.25, -0.2) is 9.79 Å². The molecule has 0 saturated heterocycles. The first-order chi connectivity index (χ1) is 20.2. The van der Waals surface area contributed by atoms with Gasteiger partial charge in [-0.3, -0.25) is 9.36 Å². The van der Waals surface area contributed by atoms with E-state index in [1.807, 2.05) is 72.8 Å². The summed E-state index contributed by atoms with van der Waals surface area (Å²) >= 11 is 7.45. The zero-order valence-electron chi connectivity index (χ0n) is 23.7. The first-order valence-corrected chi connectivity index (χ1v) is 14.8. The zero-order chi connectivity index (χ0) is 29.8. The van der Waals surface area contributed by atoms with E-state index >= 15 is 0 Å². The van der Waals surface area contributed by atoms with Gasteiger partial charge in [-0.15, -0.1) is 6.58 Å². The lowest BCUT2D eigenvalue weighted by molar-refractivity contribution is -0.143. The Morgan fingerprint density at radius 3 is 2.55 bits per heavy atom. The molecule has 42 heavy (non-hydrogen) atoms. The molecule has 3 aromatic carbocycles. The van der Waals surface area contributed by atoms with E-state index in [0.29, 0.717) is 38.7 Å². The molecule has 214 valence electrons. The fourth-order valence-electron chi connectivity index (χ4n) is 4.85. The largest absolute Gasteiger partial charge is 0.489 e. The number of carbonyl (C=O) groups is 1. The Morgan fingerprint density at radius 1 is 1.12 bits per heavy atom. The van der Waals surface area contributed by atoms with Crippen LogP contribution in [0.5, 0.6) is 5.75 Å². The maximum absolute atomic E-state index is 13.9. The molecule has 5 rings (SSSR count). The normalized spacial score (nSPS) is 14.9. The van der Waals surface area contributed by atoms with Crippen LogP contribution in [0, 0.1) is 0 Å². The lowest BCUT2D eigenvalue weighted by Crippen LogP contribution is -2.40. The summed E-state index contributed by atoms with van der Waals surface area (Å²) in [5, 5.41) is 0.560. The van der Waals surface area contributed by atoms with E-state index in [1.165, 1.54) is 11.3 Å². The van der Waals surface area contributed by atoms with Gasteiger partial charge in [-0.2, -0.15) is 0 Å². The summed E-state index contributed by atoms with van der Waals surface area (Å²) in [4.78, 5) is 32.4. The second-order valence-electron chi connectivity index (χ2n) is 10.2. The minimum absolute atomic E-state index is 0.240. The number of hydrogen-bond donors (Lipinski definition) is 0. The van der Waals surface area contributed by atoms with E-state index in [-0.39, 0.29) is 11.7 Å². The minimum Gasteiger partial charge on any atom is -0.489 e. The maximum atomic E-state index is 13.9. The molecule has 0 unspecified atom stereocenters. The molecular weight excluding hydrogens is 568 g/mol. The number of fused-ring (bicyclic) bond motifs is 1. The number of ether oxygens (including phenoxy) is 2. The van der Waals surface area contributed by atoms with Gasteiger partial charge < -0.3 is 9.47 Å². The van der Waals surface area contributed by atoms with Crippen molar-refractivity contribution in [1.29, 1.82) is 0 Å². The van der Waals surface area contributed by atoms with Crippen molar-refractivity contribution in [1.82, 2.24) is 4.57 Å². The summed E-state index contributed by atoms with van der Waals surface area (Å²) in [5.74, 6) is 0.268. The van der Waals surface area contributed by atoms with Crippen molar-refractivity contribution in [3.05, 3.63) is 144 Å². The molecule has 0 amide bonds. The second-order valence-corrected chi connectivity index (χ2v) is 11.7. The molecule has 0 bridgehead atoms. The summed E-state index contributed by atoms with van der Waals surface area (Å²) in [7, 11) is 0. The third-order valence-electron chi connectivity index (χ3n) is 6.75. The molecule has 0 saturated carbocycles. The van der Waals surface area contributed by atoms with Gasteiger partial charge >= 0.3 is 5.97 Å². The summed E-state index contributed by atoms with van der Waals surface area (Å²) in [6.45, 7) is 9.70. The van der Waals surface area contributed by atoms with Gasteiger partial charge in [0.2, 0.25) is 0 Å². The number of hydrogen-bond acceptors (Lipinski definition) is 6. The highest BCUT2D eigenvalue weighted by molar-refractivity contribution is 7.07. The van der Waals surface area contributed by atoms with Gasteiger partial charge in [-0.05, 0) is 79.8 Å². The van der Waals surface area contributed by atoms with E-state index in [9.17, 15) is 9.59 Å². The summed E-state index contributed by atoms with van der Waals surface area (Å²) < 4.78 is 13.8. The van der Waals surface area contributed by atoms with E-state index < -0.39 is 12.0 Å². The fraction of sp³-hybridized carbons (Fsp3) is 0.206. The van der Waals surface area contributed by atoms with Crippen LogP contribution in [0.25, 0.3) is 6.08 Å². The second kappa shape index (κ2) is 12.8. The number of rotatable bonds is 9. The van der Waals surface area contributed by atoms with Gasteiger partial charge in [-0.1, -0.05) is 77.5 Å². The predicted molar refractivity (Wildman–Crippen MR) is 168 cm³/mol. The highest BCUT2D eigenvalue weighted by Crippen LogP contribution is 2.31. The first kappa shape index (κ1) is 29.3. The van der Waals surface area contributed by atoms with E-state index in [0.717, 1.165) is 28.0 Å². The Labute approximate surface area is 253 Å². The number of thiazole rings is 1. The molecule has 0 aliphatic carbocycles. The summed E-state index contributed by atoms with van der Waals surface area (Å²) in [6.07, 6.45) is 3.97. The number of nitrogens with zero attached hydrogens (tertiary/aromatic N) is 2. The third kappa shape index (κ3) is 6.32. The minimum atomic E-state index is -0.697. The molecule has 0 spiro atoms. The third-order valence-corrected chi connectivity index (χ3v) is 7.99. The Bertz CT molecular complexity index is 1840.